The largest absolute Gasteiger partial charge is 0.493 e. The predicted molar refractivity (Wildman–Crippen MR) is 114 cm³/mol. The summed E-state index contributed by atoms with van der Waals surface area (Å²) in [5.41, 5.74) is 1.58. The van der Waals surface area contributed by atoms with Crippen molar-refractivity contribution in [2.24, 2.45) is 7.05 Å². The van der Waals surface area contributed by atoms with E-state index in [1.165, 1.54) is 4.57 Å². The molecule has 6 nitrogen and oxygen atoms in total. The Labute approximate surface area is 176 Å². The first kappa shape index (κ1) is 19.5. The van der Waals surface area contributed by atoms with Gasteiger partial charge in [0.25, 0.3) is 0 Å². The number of aromatic nitrogens is 1. The Bertz CT molecular complexity index is 1140. The summed E-state index contributed by atoms with van der Waals surface area (Å²) in [6.45, 7) is 0. The highest BCUT2D eigenvalue weighted by atomic mass is 35.5. The van der Waals surface area contributed by atoms with Crippen molar-refractivity contribution < 1.29 is 14.3 Å². The Balaban J connectivity index is 1.86. The topological polar surface area (TPSA) is 60.8 Å². The Kier molecular flexibility index (Phi) is 5.10. The van der Waals surface area contributed by atoms with Gasteiger partial charge in [0.1, 0.15) is 5.82 Å². The normalized spacial score (nSPS) is 15.9. The summed E-state index contributed by atoms with van der Waals surface area (Å²) < 4.78 is 12.3. The summed E-state index contributed by atoms with van der Waals surface area (Å²) >= 11 is 7.16. The summed E-state index contributed by atoms with van der Waals surface area (Å²) in [5.74, 6) is 1.47. The van der Waals surface area contributed by atoms with E-state index in [2.05, 4.69) is 0 Å². The second kappa shape index (κ2) is 7.57. The number of ether oxygens (including phenoxy) is 2. The molecule has 1 amide bonds. The van der Waals surface area contributed by atoms with Gasteiger partial charge in [-0.2, -0.15) is 0 Å². The number of rotatable bonds is 4. The minimum atomic E-state index is -0.236. The van der Waals surface area contributed by atoms with Gasteiger partial charge in [-0.25, -0.2) is 0 Å². The first-order chi connectivity index (χ1) is 13.9. The van der Waals surface area contributed by atoms with Crippen molar-refractivity contribution >= 4 is 40.4 Å². The molecule has 0 spiro atoms. The van der Waals surface area contributed by atoms with E-state index in [-0.39, 0.29) is 23.1 Å². The van der Waals surface area contributed by atoms with Gasteiger partial charge in [0.05, 0.1) is 24.8 Å². The van der Waals surface area contributed by atoms with Gasteiger partial charge < -0.3 is 9.47 Å². The molecule has 0 unspecified atom stereocenters. The number of thiazole rings is 1. The number of carbonyl (C=O) groups excluding carboxylic acids is 1. The van der Waals surface area contributed by atoms with Crippen molar-refractivity contribution in [3.05, 3.63) is 67.6 Å². The highest BCUT2D eigenvalue weighted by Gasteiger charge is 2.37. The molecule has 2 aromatic carbocycles. The molecule has 29 heavy (non-hydrogen) atoms. The summed E-state index contributed by atoms with van der Waals surface area (Å²) in [4.78, 5) is 28.0. The van der Waals surface area contributed by atoms with Gasteiger partial charge in [0, 0.05) is 24.4 Å². The van der Waals surface area contributed by atoms with Gasteiger partial charge in [0.15, 0.2) is 11.5 Å². The number of hydrogen-bond donors (Lipinski definition) is 0. The second-order valence-electron chi connectivity index (χ2n) is 6.69. The smallest absolute Gasteiger partial charge is 0.308 e. The number of amides is 1. The maximum Gasteiger partial charge on any atom is 0.308 e. The van der Waals surface area contributed by atoms with Crippen LogP contribution in [-0.4, -0.2) is 24.7 Å². The Morgan fingerprint density at radius 3 is 2.38 bits per heavy atom. The van der Waals surface area contributed by atoms with Crippen LogP contribution >= 0.6 is 22.9 Å². The van der Waals surface area contributed by atoms with Crippen molar-refractivity contribution in [3.63, 3.8) is 0 Å². The summed E-state index contributed by atoms with van der Waals surface area (Å²) in [6, 6.07) is 12.6. The number of anilines is 2. The molecule has 0 saturated carbocycles. The van der Waals surface area contributed by atoms with Gasteiger partial charge in [-0.1, -0.05) is 29.0 Å². The lowest BCUT2D eigenvalue weighted by Crippen LogP contribution is -2.34. The molecule has 150 valence electrons. The van der Waals surface area contributed by atoms with Crippen LogP contribution in [0.1, 0.15) is 22.8 Å². The maximum atomic E-state index is 13.2. The van der Waals surface area contributed by atoms with Crippen LogP contribution in [0.5, 0.6) is 11.5 Å². The van der Waals surface area contributed by atoms with Gasteiger partial charge in [-0.05, 0) is 42.0 Å². The highest BCUT2D eigenvalue weighted by Crippen LogP contribution is 2.45. The molecule has 0 radical (unpaired) electrons. The summed E-state index contributed by atoms with van der Waals surface area (Å²) in [5, 5.41) is 0.584. The third-order valence-corrected chi connectivity index (χ3v) is 6.45. The standard InChI is InChI=1S/C21H19ClN2O4S/c1-23-20-19(29-21(23)26)15(12-4-9-16(27-2)17(10-12)28-3)11-18(25)24(20)14-7-5-13(22)6-8-14/h4-10,15H,11H2,1-3H3/t15-/m1/s1. The lowest BCUT2D eigenvalue weighted by atomic mass is 9.90. The Morgan fingerprint density at radius 2 is 1.72 bits per heavy atom. The van der Waals surface area contributed by atoms with Gasteiger partial charge in [-0.15, -0.1) is 0 Å². The van der Waals surface area contributed by atoms with Crippen molar-refractivity contribution in [2.75, 3.05) is 19.1 Å². The highest BCUT2D eigenvalue weighted by molar-refractivity contribution is 7.10. The van der Waals surface area contributed by atoms with Crippen molar-refractivity contribution in [3.8, 4) is 11.5 Å². The van der Waals surface area contributed by atoms with Crippen molar-refractivity contribution in [2.45, 2.75) is 12.3 Å². The second-order valence-corrected chi connectivity index (χ2v) is 8.12. The molecule has 1 aliphatic heterocycles. The molecule has 3 aromatic rings. The summed E-state index contributed by atoms with van der Waals surface area (Å²) in [6.07, 6.45) is 0.241. The molecule has 0 fully saturated rings. The minimum Gasteiger partial charge on any atom is -0.493 e. The summed E-state index contributed by atoms with van der Waals surface area (Å²) in [7, 11) is 4.83. The first-order valence-electron chi connectivity index (χ1n) is 8.94. The van der Waals surface area contributed by atoms with E-state index in [4.69, 9.17) is 21.1 Å². The van der Waals surface area contributed by atoms with Crippen LogP contribution in [0.15, 0.2) is 47.3 Å². The van der Waals surface area contributed by atoms with Crippen molar-refractivity contribution in [1.82, 2.24) is 4.57 Å². The zero-order valence-corrected chi connectivity index (χ0v) is 17.7. The molecule has 0 bridgehead atoms. The average Bonchev–Trinajstić information content (AvgIpc) is 3.02. The zero-order valence-electron chi connectivity index (χ0n) is 16.1. The Hall–Kier alpha value is -2.77. The van der Waals surface area contributed by atoms with Crippen LogP contribution in [0, 0.1) is 0 Å². The van der Waals surface area contributed by atoms with E-state index in [9.17, 15) is 9.59 Å². The number of methoxy groups -OCH3 is 2. The van der Waals surface area contributed by atoms with Crippen LogP contribution in [0.3, 0.4) is 0 Å². The molecule has 1 atom stereocenters. The fourth-order valence-electron chi connectivity index (χ4n) is 3.62. The molecule has 0 saturated heterocycles. The van der Waals surface area contributed by atoms with Crippen LogP contribution in [-0.2, 0) is 11.8 Å². The van der Waals surface area contributed by atoms with Gasteiger partial charge in [0.2, 0.25) is 5.91 Å². The molecule has 0 aliphatic carbocycles. The van der Waals surface area contributed by atoms with E-state index in [1.807, 2.05) is 18.2 Å². The number of halogens is 1. The minimum absolute atomic E-state index is 0.0898. The lowest BCUT2D eigenvalue weighted by molar-refractivity contribution is -0.118. The third-order valence-electron chi connectivity index (χ3n) is 5.06. The van der Waals surface area contributed by atoms with Crippen LogP contribution in [0.4, 0.5) is 11.5 Å². The lowest BCUT2D eigenvalue weighted by Gasteiger charge is -2.32. The van der Waals surface area contributed by atoms with Crippen LogP contribution in [0.25, 0.3) is 0 Å². The number of carbonyl (C=O) groups is 1. The quantitative estimate of drug-likeness (QED) is 0.618. The number of benzene rings is 2. The third kappa shape index (κ3) is 3.30. The average molecular weight is 431 g/mol. The predicted octanol–water partition coefficient (Wildman–Crippen LogP) is 4.32. The molecule has 0 N–H and O–H groups in total. The van der Waals surface area contributed by atoms with E-state index in [0.717, 1.165) is 21.8 Å². The van der Waals surface area contributed by atoms with Gasteiger partial charge in [-0.3, -0.25) is 19.1 Å². The van der Waals surface area contributed by atoms with Gasteiger partial charge >= 0.3 is 4.87 Å². The maximum absolute atomic E-state index is 13.2. The van der Waals surface area contributed by atoms with E-state index in [1.54, 1.807) is 50.4 Å². The zero-order chi connectivity index (χ0) is 20.7. The molecule has 1 aromatic heterocycles. The molecule has 4 rings (SSSR count). The monoisotopic (exact) mass is 430 g/mol. The number of fused-ring (bicyclic) bond motifs is 1. The molecular weight excluding hydrogens is 412 g/mol. The fourth-order valence-corrected chi connectivity index (χ4v) is 4.84. The van der Waals surface area contributed by atoms with E-state index in [0.29, 0.717) is 28.0 Å². The Morgan fingerprint density at radius 1 is 1.03 bits per heavy atom. The SMILES string of the molecule is COc1ccc([C@H]2CC(=O)N(c3ccc(Cl)cc3)c3c2sc(=O)n3C)cc1OC. The molecule has 8 heteroatoms. The number of nitrogens with zero attached hydrogens (tertiary/aromatic N) is 2. The molecule has 1 aliphatic rings. The molecule has 2 heterocycles. The van der Waals surface area contributed by atoms with E-state index >= 15 is 0 Å². The number of hydrogen-bond acceptors (Lipinski definition) is 5. The van der Waals surface area contributed by atoms with Crippen molar-refractivity contribution in [1.29, 1.82) is 0 Å². The van der Waals surface area contributed by atoms with Crippen LogP contribution in [0.2, 0.25) is 5.02 Å². The van der Waals surface area contributed by atoms with E-state index < -0.39 is 0 Å². The fraction of sp³-hybridized carbons (Fsp3) is 0.238. The van der Waals surface area contributed by atoms with Crippen LogP contribution < -0.4 is 19.2 Å². The molecular formula is C21H19ClN2O4S. The first-order valence-corrected chi connectivity index (χ1v) is 10.1.